The predicted molar refractivity (Wildman–Crippen MR) is 129 cm³/mol. The Hall–Kier alpha value is -4.20. The summed E-state index contributed by atoms with van der Waals surface area (Å²) in [5.74, 6) is 0.489. The smallest absolute Gasteiger partial charge is 0.339 e. The Morgan fingerprint density at radius 3 is 2.29 bits per heavy atom. The van der Waals surface area contributed by atoms with Gasteiger partial charge >= 0.3 is 5.97 Å². The van der Waals surface area contributed by atoms with E-state index in [0.717, 1.165) is 5.56 Å². The molecule has 2 aromatic carbocycles. The van der Waals surface area contributed by atoms with Gasteiger partial charge in [-0.25, -0.2) is 14.8 Å². The number of piperazine rings is 1. The third-order valence-electron chi connectivity index (χ3n) is 5.54. The van der Waals surface area contributed by atoms with E-state index in [0.29, 0.717) is 49.0 Å². The first-order valence-corrected chi connectivity index (χ1v) is 11.0. The number of ether oxygens (including phenoxy) is 2. The average molecular weight is 459 g/mol. The van der Waals surface area contributed by atoms with Crippen molar-refractivity contribution in [1.82, 2.24) is 14.9 Å². The van der Waals surface area contributed by atoms with Crippen LogP contribution in [0.3, 0.4) is 0 Å². The van der Waals surface area contributed by atoms with E-state index in [1.54, 1.807) is 36.5 Å². The standard InChI is InChI=1S/C26H26N4O4/c1-33-23-11-6-5-10-21(23)18-22(20-8-3-2-4-9-20)25(32)34-19-24(31)29-14-16-30(17-15-29)26-27-12-7-13-28-26/h2-13,18H,14-17,19H2,1H3/b22-18+. The number of anilines is 1. The zero-order valence-electron chi connectivity index (χ0n) is 19.0. The van der Waals surface area contributed by atoms with Crippen LogP contribution < -0.4 is 9.64 Å². The number of esters is 1. The van der Waals surface area contributed by atoms with Gasteiger partial charge in [-0.05, 0) is 23.8 Å². The summed E-state index contributed by atoms with van der Waals surface area (Å²) in [5.41, 5.74) is 1.79. The number of para-hydroxylation sites is 1. The number of amides is 1. The van der Waals surface area contributed by atoms with Crippen LogP contribution in [0.25, 0.3) is 11.6 Å². The molecule has 0 N–H and O–H groups in total. The quantitative estimate of drug-likeness (QED) is 0.306. The Kier molecular flexibility index (Phi) is 7.49. The molecular weight excluding hydrogens is 432 g/mol. The van der Waals surface area contributed by atoms with E-state index in [1.807, 2.05) is 59.5 Å². The lowest BCUT2D eigenvalue weighted by Crippen LogP contribution is -2.50. The van der Waals surface area contributed by atoms with Crippen molar-refractivity contribution in [2.24, 2.45) is 0 Å². The van der Waals surface area contributed by atoms with E-state index in [1.165, 1.54) is 0 Å². The van der Waals surface area contributed by atoms with E-state index < -0.39 is 5.97 Å². The normalized spacial score (nSPS) is 14.0. The molecule has 0 saturated carbocycles. The highest BCUT2D eigenvalue weighted by Gasteiger charge is 2.24. The predicted octanol–water partition coefficient (Wildman–Crippen LogP) is 2.92. The molecule has 4 rings (SSSR count). The monoisotopic (exact) mass is 458 g/mol. The van der Waals surface area contributed by atoms with Crippen molar-refractivity contribution >= 4 is 29.5 Å². The molecule has 0 unspecified atom stereocenters. The second-order valence-corrected chi connectivity index (χ2v) is 7.66. The van der Waals surface area contributed by atoms with Crippen molar-refractivity contribution in [2.75, 3.05) is 44.8 Å². The van der Waals surface area contributed by atoms with Gasteiger partial charge < -0.3 is 19.3 Å². The number of rotatable bonds is 7. The molecule has 3 aromatic rings. The molecular formula is C26H26N4O4. The lowest BCUT2D eigenvalue weighted by molar-refractivity contribution is -0.147. The van der Waals surface area contributed by atoms with Gasteiger partial charge in [0.25, 0.3) is 5.91 Å². The van der Waals surface area contributed by atoms with Gasteiger partial charge in [0.05, 0.1) is 12.7 Å². The molecule has 0 bridgehead atoms. The van der Waals surface area contributed by atoms with Crippen LogP contribution in [0.2, 0.25) is 0 Å². The zero-order chi connectivity index (χ0) is 23.8. The topological polar surface area (TPSA) is 84.9 Å². The summed E-state index contributed by atoms with van der Waals surface area (Å²) in [5, 5.41) is 0. The minimum absolute atomic E-state index is 0.230. The minimum atomic E-state index is -0.568. The summed E-state index contributed by atoms with van der Waals surface area (Å²) in [4.78, 5) is 38.0. The van der Waals surface area contributed by atoms with E-state index in [-0.39, 0.29) is 12.5 Å². The van der Waals surface area contributed by atoms with Crippen molar-refractivity contribution in [3.63, 3.8) is 0 Å². The maximum absolute atomic E-state index is 13.0. The van der Waals surface area contributed by atoms with Gasteiger partial charge in [-0.2, -0.15) is 0 Å². The molecule has 2 heterocycles. The molecule has 0 atom stereocenters. The van der Waals surface area contributed by atoms with Crippen LogP contribution in [-0.4, -0.2) is 66.6 Å². The first-order valence-electron chi connectivity index (χ1n) is 11.0. The Morgan fingerprint density at radius 1 is 0.912 bits per heavy atom. The summed E-state index contributed by atoms with van der Waals surface area (Å²) in [6.45, 7) is 1.94. The van der Waals surface area contributed by atoms with Crippen LogP contribution in [-0.2, 0) is 14.3 Å². The molecule has 1 aromatic heterocycles. The van der Waals surface area contributed by atoms with Crippen molar-refractivity contribution in [3.8, 4) is 5.75 Å². The van der Waals surface area contributed by atoms with Gasteiger partial charge in [-0.1, -0.05) is 48.5 Å². The fourth-order valence-corrected chi connectivity index (χ4v) is 3.73. The van der Waals surface area contributed by atoms with E-state index in [2.05, 4.69) is 9.97 Å². The molecule has 174 valence electrons. The SMILES string of the molecule is COc1ccccc1/C=C(/C(=O)OCC(=O)N1CCN(c2ncccn2)CC1)c1ccccc1. The fraction of sp³-hybridized carbons (Fsp3) is 0.231. The van der Waals surface area contributed by atoms with E-state index in [4.69, 9.17) is 9.47 Å². The number of carbonyl (C=O) groups is 2. The molecule has 0 spiro atoms. The first-order chi connectivity index (χ1) is 16.7. The summed E-state index contributed by atoms with van der Waals surface area (Å²) in [7, 11) is 1.58. The van der Waals surface area contributed by atoms with Gasteiger partial charge in [0.15, 0.2) is 6.61 Å². The largest absolute Gasteiger partial charge is 0.496 e. The number of methoxy groups -OCH3 is 1. The molecule has 1 aliphatic heterocycles. The molecule has 8 nitrogen and oxygen atoms in total. The van der Waals surface area contributed by atoms with Crippen molar-refractivity contribution in [1.29, 1.82) is 0 Å². The van der Waals surface area contributed by atoms with Gasteiger partial charge in [0.2, 0.25) is 5.95 Å². The number of hydrogen-bond donors (Lipinski definition) is 0. The highest BCUT2D eigenvalue weighted by atomic mass is 16.5. The van der Waals surface area contributed by atoms with Gasteiger partial charge in [-0.3, -0.25) is 4.79 Å². The average Bonchev–Trinajstić information content (AvgIpc) is 2.91. The minimum Gasteiger partial charge on any atom is -0.496 e. The highest BCUT2D eigenvalue weighted by molar-refractivity contribution is 6.22. The Balaban J connectivity index is 1.41. The Labute approximate surface area is 198 Å². The van der Waals surface area contributed by atoms with Gasteiger partial charge in [-0.15, -0.1) is 0 Å². The second-order valence-electron chi connectivity index (χ2n) is 7.66. The number of benzene rings is 2. The first kappa shape index (κ1) is 23.0. The third kappa shape index (κ3) is 5.58. The molecule has 1 amide bonds. The molecule has 8 heteroatoms. The third-order valence-corrected chi connectivity index (χ3v) is 5.54. The maximum Gasteiger partial charge on any atom is 0.339 e. The van der Waals surface area contributed by atoms with Gasteiger partial charge in [0, 0.05) is 44.1 Å². The number of carbonyl (C=O) groups excluding carboxylic acids is 2. The lowest BCUT2D eigenvalue weighted by Gasteiger charge is -2.34. The molecule has 0 aliphatic carbocycles. The van der Waals surface area contributed by atoms with Crippen LogP contribution >= 0.6 is 0 Å². The van der Waals surface area contributed by atoms with Crippen LogP contribution in [0.4, 0.5) is 5.95 Å². The maximum atomic E-state index is 13.0. The second kappa shape index (κ2) is 11.1. The summed E-state index contributed by atoms with van der Waals surface area (Å²) in [6.07, 6.45) is 5.12. The number of nitrogens with zero attached hydrogens (tertiary/aromatic N) is 4. The van der Waals surface area contributed by atoms with Crippen LogP contribution in [0, 0.1) is 0 Å². The molecule has 1 aliphatic rings. The summed E-state index contributed by atoms with van der Waals surface area (Å²) >= 11 is 0. The van der Waals surface area contributed by atoms with Crippen LogP contribution in [0.1, 0.15) is 11.1 Å². The Bertz CT molecular complexity index is 1140. The van der Waals surface area contributed by atoms with Crippen LogP contribution in [0.15, 0.2) is 73.1 Å². The van der Waals surface area contributed by atoms with Crippen LogP contribution in [0.5, 0.6) is 5.75 Å². The van der Waals surface area contributed by atoms with E-state index in [9.17, 15) is 9.59 Å². The highest BCUT2D eigenvalue weighted by Crippen LogP contribution is 2.25. The molecule has 0 radical (unpaired) electrons. The molecule has 1 saturated heterocycles. The van der Waals surface area contributed by atoms with Gasteiger partial charge in [0.1, 0.15) is 5.75 Å². The zero-order valence-corrected chi connectivity index (χ0v) is 19.0. The van der Waals surface area contributed by atoms with Crippen molar-refractivity contribution in [2.45, 2.75) is 0 Å². The number of hydrogen-bond acceptors (Lipinski definition) is 7. The summed E-state index contributed by atoms with van der Waals surface area (Å²) in [6, 6.07) is 18.4. The Morgan fingerprint density at radius 2 is 1.59 bits per heavy atom. The van der Waals surface area contributed by atoms with Crippen molar-refractivity contribution < 1.29 is 19.1 Å². The fourth-order valence-electron chi connectivity index (χ4n) is 3.73. The van der Waals surface area contributed by atoms with Crippen molar-refractivity contribution in [3.05, 3.63) is 84.2 Å². The molecule has 34 heavy (non-hydrogen) atoms. The number of aromatic nitrogens is 2. The summed E-state index contributed by atoms with van der Waals surface area (Å²) < 4.78 is 10.9. The molecule has 1 fully saturated rings. The van der Waals surface area contributed by atoms with E-state index >= 15 is 0 Å². The lowest BCUT2D eigenvalue weighted by atomic mass is 10.0.